The van der Waals surface area contributed by atoms with Gasteiger partial charge >= 0.3 is 12.1 Å². The molecule has 44 heavy (non-hydrogen) atoms. The third kappa shape index (κ3) is 9.73. The molecular weight excluding hydrogens is 607 g/mol. The van der Waals surface area contributed by atoms with Crippen molar-refractivity contribution in [1.82, 2.24) is 21.1 Å². The molecule has 1 unspecified atom stereocenters. The zero-order chi connectivity index (χ0) is 33.4. The lowest BCUT2D eigenvalue weighted by Gasteiger charge is -2.32. The van der Waals surface area contributed by atoms with Gasteiger partial charge in [0.25, 0.3) is 17.7 Å². The number of alkyl halides is 3. The minimum absolute atomic E-state index is 0.0334. The number of nitrogens with two attached hydrogens (primary N) is 1. The number of nitrogens with zero attached hydrogens (tertiary/aromatic N) is 1. The molecule has 0 aliphatic heterocycles. The van der Waals surface area contributed by atoms with Crippen LogP contribution in [-0.2, 0) is 30.1 Å². The fraction of sp³-hybridized carbons (Fsp3) is 0.345. The van der Waals surface area contributed by atoms with Gasteiger partial charge in [-0.1, -0.05) is 51.1 Å². The Morgan fingerprint density at radius 1 is 1.05 bits per heavy atom. The van der Waals surface area contributed by atoms with Crippen molar-refractivity contribution < 1.29 is 41.9 Å². The fourth-order valence-electron chi connectivity index (χ4n) is 3.79. The minimum Gasteiger partial charge on any atom is -0.465 e. The number of benzene rings is 2. The largest absolute Gasteiger partial charge is 0.465 e. The Labute approximate surface area is 256 Å². The number of nitrogens with one attached hydrogen (secondary N) is 3. The number of hydrogen-bond acceptors (Lipinski definition) is 7. The number of halogens is 4. The summed E-state index contributed by atoms with van der Waals surface area (Å²) in [5, 5.41) is 5.57. The highest BCUT2D eigenvalue weighted by atomic mass is 35.5. The van der Waals surface area contributed by atoms with E-state index in [1.54, 1.807) is 20.8 Å². The van der Waals surface area contributed by atoms with Crippen LogP contribution in [0.5, 0.6) is 0 Å². The lowest BCUT2D eigenvalue weighted by molar-refractivity contribution is -0.152. The van der Waals surface area contributed by atoms with Crippen LogP contribution in [0.1, 0.15) is 55.2 Å². The van der Waals surface area contributed by atoms with E-state index in [2.05, 4.69) is 22.6 Å². The SMILES string of the molecule is C=CC(=O)N(CC(=O)OCC)NC(=O)C(NC(=O)[C@@H](NC(=O)c1ccc(N)c(Cl)c1)C(C)(C)C)c1cccc(C(F)(F)F)c1. The summed E-state index contributed by atoms with van der Waals surface area (Å²) >= 11 is 6.01. The second-order valence-electron chi connectivity index (χ2n) is 10.5. The maximum atomic E-state index is 13.6. The number of ether oxygens (including phenoxy) is 1. The number of hydrazine groups is 1. The number of nitrogen functional groups attached to an aromatic ring is 1. The number of rotatable bonds is 10. The summed E-state index contributed by atoms with van der Waals surface area (Å²) < 4.78 is 45.4. The number of amides is 4. The second-order valence-corrected chi connectivity index (χ2v) is 10.9. The van der Waals surface area contributed by atoms with E-state index in [9.17, 15) is 37.1 Å². The highest BCUT2D eigenvalue weighted by Crippen LogP contribution is 2.31. The molecule has 2 rings (SSSR count). The van der Waals surface area contributed by atoms with Crippen LogP contribution in [0.4, 0.5) is 18.9 Å². The molecule has 0 radical (unpaired) electrons. The van der Waals surface area contributed by atoms with Gasteiger partial charge in [-0.2, -0.15) is 13.2 Å². The number of esters is 1. The average molecular weight is 640 g/mol. The number of carbonyl (C=O) groups excluding carboxylic acids is 5. The molecule has 0 bridgehead atoms. The van der Waals surface area contributed by atoms with Crippen LogP contribution in [0.25, 0.3) is 0 Å². The summed E-state index contributed by atoms with van der Waals surface area (Å²) in [4.78, 5) is 64.6. The Kier molecular flexibility index (Phi) is 11.9. The van der Waals surface area contributed by atoms with E-state index in [-0.39, 0.29) is 28.4 Å². The Morgan fingerprint density at radius 3 is 2.25 bits per heavy atom. The van der Waals surface area contributed by atoms with Crippen molar-refractivity contribution in [2.75, 3.05) is 18.9 Å². The van der Waals surface area contributed by atoms with Gasteiger partial charge in [-0.05, 0) is 54.3 Å². The van der Waals surface area contributed by atoms with E-state index in [4.69, 9.17) is 22.1 Å². The van der Waals surface area contributed by atoms with E-state index in [0.29, 0.717) is 11.1 Å². The van der Waals surface area contributed by atoms with Crippen molar-refractivity contribution in [2.45, 2.75) is 46.0 Å². The topological polar surface area (TPSA) is 160 Å². The van der Waals surface area contributed by atoms with Crippen molar-refractivity contribution in [3.8, 4) is 0 Å². The first-order valence-corrected chi connectivity index (χ1v) is 13.5. The van der Waals surface area contributed by atoms with Crippen molar-refractivity contribution in [3.63, 3.8) is 0 Å². The molecule has 0 aliphatic carbocycles. The van der Waals surface area contributed by atoms with E-state index in [1.165, 1.54) is 25.1 Å². The summed E-state index contributed by atoms with van der Waals surface area (Å²) in [5.41, 5.74) is 5.71. The zero-order valence-corrected chi connectivity index (χ0v) is 25.1. The van der Waals surface area contributed by atoms with Gasteiger partial charge in [0.1, 0.15) is 18.6 Å². The Balaban J connectivity index is 2.50. The van der Waals surface area contributed by atoms with Gasteiger partial charge in [0, 0.05) is 5.56 Å². The van der Waals surface area contributed by atoms with Crippen LogP contribution < -0.4 is 21.8 Å². The minimum atomic E-state index is -4.79. The van der Waals surface area contributed by atoms with Crippen molar-refractivity contribution in [1.29, 1.82) is 0 Å². The second kappa shape index (κ2) is 14.7. The normalized spacial score (nSPS) is 12.7. The highest BCUT2D eigenvalue weighted by molar-refractivity contribution is 6.33. The molecule has 2 aromatic rings. The molecule has 0 spiro atoms. The summed E-state index contributed by atoms with van der Waals surface area (Å²) in [6.45, 7) is 8.84. The predicted octanol–water partition coefficient (Wildman–Crippen LogP) is 3.55. The van der Waals surface area contributed by atoms with Crippen molar-refractivity contribution >= 4 is 46.9 Å². The van der Waals surface area contributed by atoms with Crippen molar-refractivity contribution in [3.05, 3.63) is 76.8 Å². The molecule has 0 saturated carbocycles. The number of anilines is 1. The molecule has 2 atom stereocenters. The van der Waals surface area contributed by atoms with Gasteiger partial charge < -0.3 is 21.1 Å². The van der Waals surface area contributed by atoms with E-state index >= 15 is 0 Å². The van der Waals surface area contributed by atoms with Crippen LogP contribution >= 0.6 is 11.6 Å². The Morgan fingerprint density at radius 2 is 1.70 bits per heavy atom. The molecule has 0 heterocycles. The first-order valence-electron chi connectivity index (χ1n) is 13.1. The van der Waals surface area contributed by atoms with Crippen LogP contribution in [0.2, 0.25) is 5.02 Å². The van der Waals surface area contributed by atoms with Gasteiger partial charge in [0.05, 0.1) is 22.9 Å². The van der Waals surface area contributed by atoms with Crippen LogP contribution in [0, 0.1) is 5.41 Å². The maximum absolute atomic E-state index is 13.6. The van der Waals surface area contributed by atoms with Crippen molar-refractivity contribution in [2.24, 2.45) is 5.41 Å². The third-order valence-corrected chi connectivity index (χ3v) is 6.37. The van der Waals surface area contributed by atoms with Crippen LogP contribution in [0.3, 0.4) is 0 Å². The van der Waals surface area contributed by atoms with Gasteiger partial charge in [0.15, 0.2) is 0 Å². The van der Waals surface area contributed by atoms with E-state index in [0.717, 1.165) is 24.3 Å². The third-order valence-electron chi connectivity index (χ3n) is 6.04. The summed E-state index contributed by atoms with van der Waals surface area (Å²) in [6, 6.07) is 4.50. The smallest absolute Gasteiger partial charge is 0.416 e. The lowest BCUT2D eigenvalue weighted by atomic mass is 9.85. The molecular formula is C29H33ClF3N5O6. The molecule has 238 valence electrons. The number of carbonyl (C=O) groups is 5. The predicted molar refractivity (Wildman–Crippen MR) is 156 cm³/mol. The molecule has 0 aliphatic rings. The summed E-state index contributed by atoms with van der Waals surface area (Å²) in [7, 11) is 0. The quantitative estimate of drug-likeness (QED) is 0.134. The Hall–Kier alpha value is -4.59. The monoisotopic (exact) mass is 639 g/mol. The first-order chi connectivity index (χ1) is 20.4. The van der Waals surface area contributed by atoms with Crippen LogP contribution in [-0.4, -0.2) is 53.8 Å². The van der Waals surface area contributed by atoms with Gasteiger partial charge in [-0.3, -0.25) is 29.4 Å². The molecule has 0 fully saturated rings. The van der Waals surface area contributed by atoms with E-state index in [1.807, 2.05) is 0 Å². The summed E-state index contributed by atoms with van der Waals surface area (Å²) in [6.07, 6.45) is -4.01. The van der Waals surface area contributed by atoms with Gasteiger partial charge in [-0.25, -0.2) is 5.01 Å². The maximum Gasteiger partial charge on any atom is 0.416 e. The molecule has 5 N–H and O–H groups in total. The fourth-order valence-corrected chi connectivity index (χ4v) is 3.98. The van der Waals surface area contributed by atoms with Gasteiger partial charge in [0.2, 0.25) is 5.91 Å². The first kappa shape index (κ1) is 35.6. The molecule has 15 heteroatoms. The standard InChI is InChI=1S/C29H33ClF3N5O6/c1-6-21(39)38(15-22(40)44-7-2)37-26(42)23(16-9-8-10-18(13-16)29(31,32)33)35-27(43)24(28(3,4)5)36-25(41)17-11-12-20(34)19(30)14-17/h6,8-14,23-24H,1,7,15,34H2,2-5H3,(H,35,43)(H,36,41)(H,37,42)/t23?,24-/m1/s1. The lowest BCUT2D eigenvalue weighted by Crippen LogP contribution is -2.57. The summed E-state index contributed by atoms with van der Waals surface area (Å²) in [5.74, 6) is -4.69. The number of hydrogen-bond donors (Lipinski definition) is 4. The zero-order valence-electron chi connectivity index (χ0n) is 24.4. The molecule has 0 saturated heterocycles. The van der Waals surface area contributed by atoms with Crippen LogP contribution in [0.15, 0.2) is 55.1 Å². The molecule has 4 amide bonds. The Bertz CT molecular complexity index is 1430. The van der Waals surface area contributed by atoms with Gasteiger partial charge in [-0.15, -0.1) is 0 Å². The molecule has 11 nitrogen and oxygen atoms in total. The molecule has 2 aromatic carbocycles. The van der Waals surface area contributed by atoms with E-state index < -0.39 is 65.4 Å². The highest BCUT2D eigenvalue weighted by Gasteiger charge is 2.37. The average Bonchev–Trinajstić information content (AvgIpc) is 2.94. The molecule has 0 aromatic heterocycles.